The number of anilines is 1. The molecule has 1 N–H and O–H groups in total. The zero-order chi connectivity index (χ0) is 31.1. The smallest absolute Gasteiger partial charge is 0.264 e. The van der Waals surface area contributed by atoms with E-state index in [1.165, 1.54) is 42.3 Å². The molecule has 224 valence electrons. The van der Waals surface area contributed by atoms with Gasteiger partial charge in [0.1, 0.15) is 12.6 Å². The first-order chi connectivity index (χ1) is 20.5. The fourth-order valence-electron chi connectivity index (χ4n) is 4.58. The van der Waals surface area contributed by atoms with Crippen molar-refractivity contribution in [2.75, 3.05) is 17.9 Å². The number of rotatable bonds is 11. The summed E-state index contributed by atoms with van der Waals surface area (Å²) in [6, 6.07) is 26.5. The van der Waals surface area contributed by atoms with Crippen LogP contribution in [0.4, 0.5) is 5.69 Å². The molecule has 0 spiro atoms. The minimum absolute atomic E-state index is 0.0207. The largest absolute Gasteiger partial charge is 0.357 e. The number of nitrogens with zero attached hydrogens (tertiary/aromatic N) is 2. The van der Waals surface area contributed by atoms with Crippen molar-refractivity contribution in [3.63, 3.8) is 0 Å². The van der Waals surface area contributed by atoms with Gasteiger partial charge in [0.15, 0.2) is 0 Å². The van der Waals surface area contributed by atoms with Gasteiger partial charge in [0.2, 0.25) is 11.8 Å². The monoisotopic (exact) mass is 701 g/mol. The second-order valence-electron chi connectivity index (χ2n) is 9.89. The number of benzene rings is 4. The zero-order valence-electron chi connectivity index (χ0n) is 23.5. The Hall–Kier alpha value is -3.37. The van der Waals surface area contributed by atoms with E-state index in [1.54, 1.807) is 12.1 Å². The normalized spacial score (nSPS) is 11.9. The molecule has 4 rings (SSSR count). The highest BCUT2D eigenvalue weighted by molar-refractivity contribution is 9.10. The van der Waals surface area contributed by atoms with E-state index in [4.69, 9.17) is 23.2 Å². The summed E-state index contributed by atoms with van der Waals surface area (Å²) < 4.78 is 29.9. The Labute approximate surface area is 270 Å². The van der Waals surface area contributed by atoms with Crippen molar-refractivity contribution in [1.29, 1.82) is 0 Å². The Morgan fingerprint density at radius 2 is 1.56 bits per heavy atom. The van der Waals surface area contributed by atoms with Crippen LogP contribution in [0, 0.1) is 6.92 Å². The summed E-state index contributed by atoms with van der Waals surface area (Å²) in [5, 5.41) is 3.01. The molecule has 0 radical (unpaired) electrons. The van der Waals surface area contributed by atoms with Crippen LogP contribution in [0.5, 0.6) is 0 Å². The van der Waals surface area contributed by atoms with Gasteiger partial charge in [-0.05, 0) is 60.5 Å². The van der Waals surface area contributed by atoms with Gasteiger partial charge in [0.25, 0.3) is 10.0 Å². The highest BCUT2D eigenvalue weighted by atomic mass is 79.9. The summed E-state index contributed by atoms with van der Waals surface area (Å²) in [5.41, 5.74) is 2.51. The molecule has 0 unspecified atom stereocenters. The van der Waals surface area contributed by atoms with Crippen LogP contribution in [0.25, 0.3) is 0 Å². The van der Waals surface area contributed by atoms with Gasteiger partial charge < -0.3 is 10.2 Å². The number of nitrogens with one attached hydrogen (secondary N) is 1. The van der Waals surface area contributed by atoms with Crippen molar-refractivity contribution in [3.05, 3.63) is 128 Å². The van der Waals surface area contributed by atoms with Crippen LogP contribution in [-0.4, -0.2) is 44.8 Å². The second-order valence-corrected chi connectivity index (χ2v) is 13.5. The molecule has 1 atom stereocenters. The minimum atomic E-state index is -4.29. The topological polar surface area (TPSA) is 86.8 Å². The molecule has 0 aliphatic carbocycles. The van der Waals surface area contributed by atoms with Crippen LogP contribution in [-0.2, 0) is 32.6 Å². The Morgan fingerprint density at radius 3 is 2.21 bits per heavy atom. The van der Waals surface area contributed by atoms with E-state index in [2.05, 4.69) is 21.2 Å². The average Bonchev–Trinajstić information content (AvgIpc) is 2.99. The van der Waals surface area contributed by atoms with Gasteiger partial charge in [-0.15, -0.1) is 0 Å². The first kappa shape index (κ1) is 32.5. The number of amides is 2. The summed E-state index contributed by atoms with van der Waals surface area (Å²) in [6.07, 6.45) is 0.211. The summed E-state index contributed by atoms with van der Waals surface area (Å²) in [5.74, 6) is -0.989. The molecule has 11 heteroatoms. The van der Waals surface area contributed by atoms with E-state index in [-0.39, 0.29) is 39.5 Å². The predicted molar refractivity (Wildman–Crippen MR) is 175 cm³/mol. The number of hydrogen-bond donors (Lipinski definition) is 1. The number of carbonyl (C=O) groups is 2. The molecule has 2 amide bonds. The lowest BCUT2D eigenvalue weighted by Gasteiger charge is -2.34. The number of sulfonamides is 1. The van der Waals surface area contributed by atoms with E-state index < -0.39 is 28.5 Å². The maximum Gasteiger partial charge on any atom is 0.264 e. The van der Waals surface area contributed by atoms with Gasteiger partial charge in [-0.3, -0.25) is 13.9 Å². The third kappa shape index (κ3) is 8.17. The lowest BCUT2D eigenvalue weighted by atomic mass is 10.0. The molecular weight excluding hydrogens is 673 g/mol. The van der Waals surface area contributed by atoms with Crippen molar-refractivity contribution < 1.29 is 18.0 Å². The summed E-state index contributed by atoms with van der Waals surface area (Å²) in [4.78, 5) is 29.1. The summed E-state index contributed by atoms with van der Waals surface area (Å²) in [6.45, 7) is 1.26. The Balaban J connectivity index is 1.82. The molecule has 0 bridgehead atoms. The molecule has 0 fully saturated rings. The maximum atomic E-state index is 14.3. The van der Waals surface area contributed by atoms with Crippen LogP contribution in [0.2, 0.25) is 10.0 Å². The predicted octanol–water partition coefficient (Wildman–Crippen LogP) is 6.65. The van der Waals surface area contributed by atoms with Gasteiger partial charge in [0.05, 0.1) is 15.6 Å². The van der Waals surface area contributed by atoms with E-state index in [9.17, 15) is 18.0 Å². The lowest BCUT2D eigenvalue weighted by Crippen LogP contribution is -2.53. The van der Waals surface area contributed by atoms with Gasteiger partial charge in [-0.1, -0.05) is 99.3 Å². The van der Waals surface area contributed by atoms with E-state index in [0.29, 0.717) is 0 Å². The molecule has 0 heterocycles. The fourth-order valence-corrected chi connectivity index (χ4v) is 6.89. The number of carbonyl (C=O) groups excluding carboxylic acids is 2. The van der Waals surface area contributed by atoms with Crippen molar-refractivity contribution >= 4 is 66.7 Å². The first-order valence-corrected chi connectivity index (χ1v) is 16.3. The van der Waals surface area contributed by atoms with Gasteiger partial charge >= 0.3 is 0 Å². The highest BCUT2D eigenvalue weighted by Gasteiger charge is 2.35. The summed E-state index contributed by atoms with van der Waals surface area (Å²) >= 11 is 16.2. The van der Waals surface area contributed by atoms with Crippen LogP contribution in [0.15, 0.2) is 106 Å². The third-order valence-electron chi connectivity index (χ3n) is 6.82. The van der Waals surface area contributed by atoms with Crippen LogP contribution < -0.4 is 9.62 Å². The van der Waals surface area contributed by atoms with Crippen molar-refractivity contribution in [1.82, 2.24) is 10.2 Å². The number of aryl methyl sites for hydroxylation is 1. The molecule has 0 aliphatic rings. The van der Waals surface area contributed by atoms with Crippen LogP contribution in [0.3, 0.4) is 0 Å². The minimum Gasteiger partial charge on any atom is -0.357 e. The molecule has 7 nitrogen and oxygen atoms in total. The molecule has 4 aromatic rings. The molecule has 0 aliphatic heterocycles. The molecule has 4 aromatic carbocycles. The zero-order valence-corrected chi connectivity index (χ0v) is 27.4. The fraction of sp³-hybridized carbons (Fsp3) is 0.188. The van der Waals surface area contributed by atoms with Gasteiger partial charge in [-0.25, -0.2) is 8.42 Å². The van der Waals surface area contributed by atoms with Gasteiger partial charge in [0, 0.05) is 29.5 Å². The second kappa shape index (κ2) is 14.4. The molecular formula is C32H30BrCl2N3O4S. The summed E-state index contributed by atoms with van der Waals surface area (Å²) in [7, 11) is -2.79. The number of halogens is 3. The van der Waals surface area contributed by atoms with Crippen molar-refractivity contribution in [2.45, 2.75) is 30.8 Å². The average molecular weight is 703 g/mol. The number of hydrogen-bond acceptors (Lipinski definition) is 4. The highest BCUT2D eigenvalue weighted by Crippen LogP contribution is 2.33. The molecule has 43 heavy (non-hydrogen) atoms. The van der Waals surface area contributed by atoms with Crippen LogP contribution in [0.1, 0.15) is 16.7 Å². The quantitative estimate of drug-likeness (QED) is 0.190. The maximum absolute atomic E-state index is 14.3. The Kier molecular flexibility index (Phi) is 10.9. The Morgan fingerprint density at radius 1 is 0.884 bits per heavy atom. The number of likely N-dealkylation sites (N-methyl/N-ethyl adjacent to an activating group) is 1. The van der Waals surface area contributed by atoms with Crippen molar-refractivity contribution in [3.8, 4) is 0 Å². The standard InChI is InChI=1S/C32H30BrCl2N3O4S/c1-22-11-14-27(15-12-22)43(41,42)38(29-19-26(34)13-16-28(29)35)21-31(39)37(20-24-9-6-10-25(33)17-24)30(32(40)36-2)18-23-7-4-3-5-8-23/h3-17,19,30H,18,20-21H2,1-2H3,(H,36,40)/t30-/m1/s1. The van der Waals surface area contributed by atoms with Gasteiger partial charge in [-0.2, -0.15) is 0 Å². The van der Waals surface area contributed by atoms with E-state index in [0.717, 1.165) is 25.5 Å². The lowest BCUT2D eigenvalue weighted by molar-refractivity contribution is -0.139. The third-order valence-corrected chi connectivity index (χ3v) is 9.65. The van der Waals surface area contributed by atoms with E-state index in [1.807, 2.05) is 61.5 Å². The Bertz CT molecular complexity index is 1700. The SMILES string of the molecule is CNC(=O)[C@@H](Cc1ccccc1)N(Cc1cccc(Br)c1)C(=O)CN(c1cc(Cl)ccc1Cl)S(=O)(=O)c1ccc(C)cc1. The molecule has 0 saturated carbocycles. The van der Waals surface area contributed by atoms with Crippen LogP contribution >= 0.6 is 39.1 Å². The molecule has 0 saturated heterocycles. The van der Waals surface area contributed by atoms with Crippen molar-refractivity contribution in [2.24, 2.45) is 0 Å². The molecule has 0 aromatic heterocycles. The van der Waals surface area contributed by atoms with E-state index >= 15 is 0 Å². The first-order valence-electron chi connectivity index (χ1n) is 13.3.